The zero-order valence-electron chi connectivity index (χ0n) is 10.9. The average Bonchev–Trinajstić information content (AvgIpc) is 2.93. The van der Waals surface area contributed by atoms with Gasteiger partial charge in [0.15, 0.2) is 0 Å². The van der Waals surface area contributed by atoms with Gasteiger partial charge < -0.3 is 10.0 Å². The zero-order chi connectivity index (χ0) is 15.4. The number of aliphatic hydroxyl groups is 1. The molecule has 21 heavy (non-hydrogen) atoms. The first-order valence-corrected chi connectivity index (χ1v) is 6.61. The Morgan fingerprint density at radius 1 is 1.33 bits per heavy atom. The number of nitro benzene ring substituents is 1. The molecule has 2 aliphatic rings. The monoisotopic (exact) mass is 302 g/mol. The van der Waals surface area contributed by atoms with Crippen LogP contribution in [0.2, 0.25) is 0 Å². The third-order valence-corrected chi connectivity index (χ3v) is 4.28. The van der Waals surface area contributed by atoms with Crippen molar-refractivity contribution in [1.82, 2.24) is 0 Å². The van der Waals surface area contributed by atoms with E-state index in [1.807, 2.05) is 0 Å². The highest BCUT2D eigenvalue weighted by atomic mass is 19.4. The van der Waals surface area contributed by atoms with Crippen LogP contribution in [0.5, 0.6) is 0 Å². The molecule has 5 nitrogen and oxygen atoms in total. The van der Waals surface area contributed by atoms with Gasteiger partial charge in [0.25, 0.3) is 5.69 Å². The summed E-state index contributed by atoms with van der Waals surface area (Å²) in [7, 11) is 0. The third kappa shape index (κ3) is 2.23. The molecule has 1 aromatic carbocycles. The van der Waals surface area contributed by atoms with E-state index < -0.39 is 28.5 Å². The number of nitro groups is 1. The number of nitrogens with zero attached hydrogens (tertiary/aromatic N) is 2. The molecule has 0 radical (unpaired) electrons. The van der Waals surface area contributed by atoms with Crippen molar-refractivity contribution in [2.75, 3.05) is 4.90 Å². The van der Waals surface area contributed by atoms with Crippen LogP contribution in [-0.2, 0) is 6.18 Å². The zero-order valence-corrected chi connectivity index (χ0v) is 10.9. The summed E-state index contributed by atoms with van der Waals surface area (Å²) in [6, 6.07) is 2.85. The van der Waals surface area contributed by atoms with Crippen LogP contribution >= 0.6 is 0 Å². The molecule has 0 spiro atoms. The highest BCUT2D eigenvalue weighted by Gasteiger charge is 2.46. The van der Waals surface area contributed by atoms with Crippen molar-refractivity contribution in [3.05, 3.63) is 33.9 Å². The van der Waals surface area contributed by atoms with Crippen molar-refractivity contribution in [2.45, 2.75) is 43.6 Å². The summed E-state index contributed by atoms with van der Waals surface area (Å²) >= 11 is 0. The molecule has 3 atom stereocenters. The Labute approximate surface area is 118 Å². The molecule has 1 N–H and O–H groups in total. The molecule has 2 fully saturated rings. The minimum atomic E-state index is -4.78. The van der Waals surface area contributed by atoms with Gasteiger partial charge in [-0.15, -0.1) is 0 Å². The number of anilines is 1. The van der Waals surface area contributed by atoms with Gasteiger partial charge in [0, 0.05) is 17.8 Å². The highest BCUT2D eigenvalue weighted by Crippen LogP contribution is 2.44. The van der Waals surface area contributed by atoms with Gasteiger partial charge in [-0.25, -0.2) is 0 Å². The van der Waals surface area contributed by atoms with Crippen LogP contribution in [0.3, 0.4) is 0 Å². The average molecular weight is 302 g/mol. The minimum absolute atomic E-state index is 0.00698. The molecule has 0 amide bonds. The first kappa shape index (κ1) is 14.1. The summed E-state index contributed by atoms with van der Waals surface area (Å²) in [5, 5.41) is 20.6. The van der Waals surface area contributed by atoms with E-state index in [1.54, 1.807) is 4.90 Å². The minimum Gasteiger partial charge on any atom is -0.391 e. The maximum atomic E-state index is 13.0. The van der Waals surface area contributed by atoms with E-state index in [0.29, 0.717) is 6.42 Å². The quantitative estimate of drug-likeness (QED) is 0.674. The van der Waals surface area contributed by atoms with Crippen LogP contribution in [0.1, 0.15) is 24.8 Å². The van der Waals surface area contributed by atoms with Crippen molar-refractivity contribution in [3.63, 3.8) is 0 Å². The highest BCUT2D eigenvalue weighted by molar-refractivity contribution is 5.59. The van der Waals surface area contributed by atoms with Crippen LogP contribution < -0.4 is 4.90 Å². The molecule has 0 unspecified atom stereocenters. The van der Waals surface area contributed by atoms with Crippen molar-refractivity contribution in [3.8, 4) is 0 Å². The maximum absolute atomic E-state index is 13.0. The van der Waals surface area contributed by atoms with E-state index in [9.17, 15) is 28.4 Å². The standard InChI is InChI=1S/C13H13F3N2O3/c14-13(15,16)9-5-7(1-3-10(9)18(20)21)17-8-2-4-11(17)12(19)6-8/h1,3,5,8,11-12,19H,2,4,6H2/t8-,11+,12-/m0/s1. The Morgan fingerprint density at radius 3 is 2.52 bits per heavy atom. The van der Waals surface area contributed by atoms with Gasteiger partial charge in [0.2, 0.25) is 0 Å². The van der Waals surface area contributed by atoms with Gasteiger partial charge in [-0.2, -0.15) is 13.2 Å². The number of hydrogen-bond donors (Lipinski definition) is 1. The number of halogens is 3. The van der Waals surface area contributed by atoms with E-state index in [4.69, 9.17) is 0 Å². The van der Waals surface area contributed by atoms with E-state index in [2.05, 4.69) is 0 Å². The Morgan fingerprint density at radius 2 is 2.05 bits per heavy atom. The van der Waals surface area contributed by atoms with Gasteiger partial charge in [-0.05, 0) is 31.4 Å². The van der Waals surface area contributed by atoms with Gasteiger partial charge >= 0.3 is 6.18 Å². The van der Waals surface area contributed by atoms with Gasteiger partial charge in [0.1, 0.15) is 5.56 Å². The number of fused-ring (bicyclic) bond motifs is 2. The molecule has 0 aromatic heterocycles. The second-order valence-corrected chi connectivity index (χ2v) is 5.47. The number of alkyl halides is 3. The first-order chi connectivity index (χ1) is 9.79. The fourth-order valence-corrected chi connectivity index (χ4v) is 3.43. The van der Waals surface area contributed by atoms with E-state index in [0.717, 1.165) is 25.0 Å². The molecule has 1 aromatic rings. The van der Waals surface area contributed by atoms with Crippen LogP contribution in [0.15, 0.2) is 18.2 Å². The van der Waals surface area contributed by atoms with Crippen LogP contribution in [-0.4, -0.2) is 28.2 Å². The molecular formula is C13H13F3N2O3. The van der Waals surface area contributed by atoms with Crippen LogP contribution in [0.25, 0.3) is 0 Å². The lowest BCUT2D eigenvalue weighted by Crippen LogP contribution is -2.32. The van der Waals surface area contributed by atoms with E-state index in [-0.39, 0.29) is 17.8 Å². The molecule has 2 aliphatic heterocycles. The van der Waals surface area contributed by atoms with Crippen LogP contribution in [0, 0.1) is 10.1 Å². The third-order valence-electron chi connectivity index (χ3n) is 4.28. The Balaban J connectivity index is 2.04. The molecule has 8 heteroatoms. The van der Waals surface area contributed by atoms with Gasteiger partial charge in [-0.3, -0.25) is 10.1 Å². The van der Waals surface area contributed by atoms with Gasteiger partial charge in [-0.1, -0.05) is 0 Å². The summed E-state index contributed by atoms with van der Waals surface area (Å²) in [6.07, 6.45) is -3.25. The molecule has 0 aliphatic carbocycles. The predicted molar refractivity (Wildman–Crippen MR) is 68.0 cm³/mol. The fourth-order valence-electron chi connectivity index (χ4n) is 3.43. The molecule has 0 saturated carbocycles. The van der Waals surface area contributed by atoms with Crippen molar-refractivity contribution in [2.24, 2.45) is 0 Å². The molecule has 2 bridgehead atoms. The summed E-state index contributed by atoms with van der Waals surface area (Å²) in [4.78, 5) is 11.5. The molecule has 2 saturated heterocycles. The second kappa shape index (κ2) is 4.59. The number of benzene rings is 1. The van der Waals surface area contributed by atoms with E-state index in [1.165, 1.54) is 6.07 Å². The van der Waals surface area contributed by atoms with E-state index >= 15 is 0 Å². The predicted octanol–water partition coefficient (Wildman–Crippen LogP) is 2.72. The Hall–Kier alpha value is -1.83. The lowest BCUT2D eigenvalue weighted by molar-refractivity contribution is -0.388. The van der Waals surface area contributed by atoms with Crippen molar-refractivity contribution < 1.29 is 23.2 Å². The molecule has 114 valence electrons. The summed E-state index contributed by atoms with van der Waals surface area (Å²) in [6.45, 7) is 0. The lowest BCUT2D eigenvalue weighted by atomic mass is 9.98. The summed E-state index contributed by atoms with van der Waals surface area (Å²) in [5.41, 5.74) is -1.90. The Bertz CT molecular complexity index is 591. The van der Waals surface area contributed by atoms with Crippen molar-refractivity contribution >= 4 is 11.4 Å². The number of rotatable bonds is 2. The van der Waals surface area contributed by atoms with Gasteiger partial charge in [0.05, 0.1) is 17.1 Å². The van der Waals surface area contributed by atoms with Crippen molar-refractivity contribution in [1.29, 1.82) is 0 Å². The number of hydrogen-bond acceptors (Lipinski definition) is 4. The maximum Gasteiger partial charge on any atom is 0.423 e. The Kier molecular flexibility index (Phi) is 3.09. The molecule has 3 rings (SSSR count). The summed E-state index contributed by atoms with van der Waals surface area (Å²) in [5.74, 6) is 0. The largest absolute Gasteiger partial charge is 0.423 e. The first-order valence-electron chi connectivity index (χ1n) is 6.61. The summed E-state index contributed by atoms with van der Waals surface area (Å²) < 4.78 is 39.0. The smallest absolute Gasteiger partial charge is 0.391 e. The molecule has 2 heterocycles. The fraction of sp³-hybridized carbons (Fsp3) is 0.538. The topological polar surface area (TPSA) is 66.6 Å². The molecular weight excluding hydrogens is 289 g/mol. The number of aliphatic hydroxyl groups excluding tert-OH is 1. The SMILES string of the molecule is O=[N+]([O-])c1ccc(N2[C@H]3CC[C@@H]2[C@@H](O)C3)cc1C(F)(F)F. The van der Waals surface area contributed by atoms with Crippen LogP contribution in [0.4, 0.5) is 24.5 Å². The normalized spacial score (nSPS) is 28.2. The lowest BCUT2D eigenvalue weighted by Gasteiger charge is -2.25. The second-order valence-electron chi connectivity index (χ2n) is 5.47.